The van der Waals surface area contributed by atoms with Crippen molar-refractivity contribution in [3.05, 3.63) is 35.4 Å². The van der Waals surface area contributed by atoms with E-state index in [1.165, 1.54) is 18.4 Å². The largest absolute Gasteiger partial charge is 0.310 e. The van der Waals surface area contributed by atoms with Gasteiger partial charge in [0.15, 0.2) is 0 Å². The fourth-order valence-corrected chi connectivity index (χ4v) is 2.09. The highest BCUT2D eigenvalue weighted by Crippen LogP contribution is 2.42. The normalized spacial score (nSPS) is 18.1. The molecule has 0 aromatic heterocycles. The molecule has 1 N–H and O–H groups in total. The van der Waals surface area contributed by atoms with Crippen LogP contribution in [0, 0.1) is 0 Å². The summed E-state index contributed by atoms with van der Waals surface area (Å²) in [5, 5.41) is 3.48. The van der Waals surface area contributed by atoms with E-state index >= 15 is 0 Å². The predicted molar refractivity (Wildman–Crippen MR) is 60.5 cm³/mol. The minimum Gasteiger partial charge on any atom is -0.310 e. The third kappa shape index (κ3) is 1.98. The molecule has 1 unspecified atom stereocenters. The van der Waals surface area contributed by atoms with Crippen LogP contribution in [0.1, 0.15) is 49.8 Å². The molecule has 1 aliphatic carbocycles. The van der Waals surface area contributed by atoms with Crippen molar-refractivity contribution in [2.45, 2.75) is 38.6 Å². The molecule has 1 atom stereocenters. The Morgan fingerprint density at radius 3 is 2.71 bits per heavy atom. The molecular formula is C13H19N. The van der Waals surface area contributed by atoms with Crippen LogP contribution in [0.2, 0.25) is 0 Å². The molecule has 0 bridgehead atoms. The fraction of sp³-hybridized carbons (Fsp3) is 0.538. The number of hydrogen-bond donors (Lipinski definition) is 1. The number of benzene rings is 1. The number of hydrogen-bond acceptors (Lipinski definition) is 1. The molecule has 1 aromatic rings. The lowest BCUT2D eigenvalue weighted by Gasteiger charge is -2.16. The zero-order valence-corrected chi connectivity index (χ0v) is 9.09. The quantitative estimate of drug-likeness (QED) is 0.766. The van der Waals surface area contributed by atoms with E-state index in [4.69, 9.17) is 0 Å². The monoisotopic (exact) mass is 189 g/mol. The van der Waals surface area contributed by atoms with Crippen molar-refractivity contribution in [3.63, 3.8) is 0 Å². The van der Waals surface area contributed by atoms with Crippen LogP contribution in [0.3, 0.4) is 0 Å². The van der Waals surface area contributed by atoms with Crippen molar-refractivity contribution < 1.29 is 0 Å². The van der Waals surface area contributed by atoms with Crippen molar-refractivity contribution in [3.8, 4) is 0 Å². The lowest BCUT2D eigenvalue weighted by Crippen LogP contribution is -2.18. The Kier molecular flexibility index (Phi) is 2.87. The highest BCUT2D eigenvalue weighted by molar-refractivity contribution is 5.35. The Hall–Kier alpha value is -0.820. The van der Waals surface area contributed by atoms with Crippen LogP contribution in [0.25, 0.3) is 0 Å². The van der Waals surface area contributed by atoms with Crippen LogP contribution in [-0.2, 0) is 0 Å². The summed E-state index contributed by atoms with van der Waals surface area (Å²) in [6, 6.07) is 9.36. The van der Waals surface area contributed by atoms with Crippen molar-refractivity contribution in [2.24, 2.45) is 0 Å². The summed E-state index contributed by atoms with van der Waals surface area (Å²) < 4.78 is 0. The summed E-state index contributed by atoms with van der Waals surface area (Å²) in [6.45, 7) is 5.46. The van der Waals surface area contributed by atoms with Gasteiger partial charge in [0, 0.05) is 6.04 Å². The lowest BCUT2D eigenvalue weighted by molar-refractivity contribution is 0.593. The Morgan fingerprint density at radius 1 is 1.36 bits per heavy atom. The van der Waals surface area contributed by atoms with E-state index in [1.54, 1.807) is 5.56 Å². The fourth-order valence-electron chi connectivity index (χ4n) is 2.09. The second kappa shape index (κ2) is 4.14. The maximum Gasteiger partial charge on any atom is 0.0294 e. The van der Waals surface area contributed by atoms with Gasteiger partial charge in [0.25, 0.3) is 0 Å². The summed E-state index contributed by atoms with van der Waals surface area (Å²) in [7, 11) is 0. The molecule has 0 spiro atoms. The molecule has 1 aliphatic rings. The van der Waals surface area contributed by atoms with Gasteiger partial charge in [-0.2, -0.15) is 0 Å². The van der Waals surface area contributed by atoms with Crippen molar-refractivity contribution >= 4 is 0 Å². The first kappa shape index (κ1) is 9.72. The maximum atomic E-state index is 3.48. The van der Waals surface area contributed by atoms with Gasteiger partial charge in [-0.15, -0.1) is 0 Å². The first-order chi connectivity index (χ1) is 6.83. The van der Waals surface area contributed by atoms with Crippen LogP contribution in [0.4, 0.5) is 0 Å². The smallest absolute Gasteiger partial charge is 0.0294 e. The van der Waals surface area contributed by atoms with Gasteiger partial charge in [-0.1, -0.05) is 31.2 Å². The zero-order valence-electron chi connectivity index (χ0n) is 9.09. The van der Waals surface area contributed by atoms with Crippen molar-refractivity contribution in [2.75, 3.05) is 6.54 Å². The van der Waals surface area contributed by atoms with Crippen LogP contribution in [0.15, 0.2) is 24.3 Å². The first-order valence-electron chi connectivity index (χ1n) is 5.65. The van der Waals surface area contributed by atoms with Gasteiger partial charge < -0.3 is 5.32 Å². The highest BCUT2D eigenvalue weighted by Gasteiger charge is 2.26. The third-order valence-electron chi connectivity index (χ3n) is 2.99. The molecule has 76 valence electrons. The maximum absolute atomic E-state index is 3.48. The van der Waals surface area contributed by atoms with E-state index < -0.39 is 0 Å². The predicted octanol–water partition coefficient (Wildman–Crippen LogP) is 3.23. The van der Waals surface area contributed by atoms with Crippen LogP contribution < -0.4 is 5.32 Å². The highest BCUT2D eigenvalue weighted by atomic mass is 14.9. The van der Waals surface area contributed by atoms with Gasteiger partial charge >= 0.3 is 0 Å². The molecule has 1 saturated carbocycles. The summed E-state index contributed by atoms with van der Waals surface area (Å²) in [5.74, 6) is 0.854. The van der Waals surface area contributed by atoms with E-state index in [0.717, 1.165) is 12.5 Å². The molecular weight excluding hydrogens is 170 g/mol. The van der Waals surface area contributed by atoms with Crippen LogP contribution in [-0.4, -0.2) is 6.54 Å². The van der Waals surface area contributed by atoms with E-state index in [0.29, 0.717) is 6.04 Å². The second-order valence-electron chi connectivity index (χ2n) is 4.18. The lowest BCUT2D eigenvalue weighted by atomic mass is 9.98. The summed E-state index contributed by atoms with van der Waals surface area (Å²) in [4.78, 5) is 0. The van der Waals surface area contributed by atoms with Crippen LogP contribution in [0.5, 0.6) is 0 Å². The molecule has 0 saturated heterocycles. The third-order valence-corrected chi connectivity index (χ3v) is 2.99. The minimum atomic E-state index is 0.497. The minimum absolute atomic E-state index is 0.497. The molecule has 14 heavy (non-hydrogen) atoms. The van der Waals surface area contributed by atoms with Crippen molar-refractivity contribution in [1.82, 2.24) is 5.32 Å². The second-order valence-corrected chi connectivity index (χ2v) is 4.18. The van der Waals surface area contributed by atoms with E-state index in [-0.39, 0.29) is 0 Å². The molecule has 0 radical (unpaired) electrons. The molecule has 0 amide bonds. The van der Waals surface area contributed by atoms with Gasteiger partial charge in [-0.25, -0.2) is 0 Å². The number of rotatable bonds is 4. The van der Waals surface area contributed by atoms with E-state index in [1.807, 2.05) is 0 Å². The molecule has 0 aliphatic heterocycles. The zero-order chi connectivity index (χ0) is 9.97. The average molecular weight is 189 g/mol. The van der Waals surface area contributed by atoms with Gasteiger partial charge in [-0.05, 0) is 43.4 Å². The molecule has 2 rings (SSSR count). The standard InChI is InChI=1S/C13H19N/c1-3-14-10(2)12-6-4-5-7-13(12)11-8-9-11/h4-7,10-11,14H,3,8-9H2,1-2H3. The molecule has 1 nitrogen and oxygen atoms in total. The molecule has 1 aromatic carbocycles. The molecule has 1 fully saturated rings. The first-order valence-corrected chi connectivity index (χ1v) is 5.65. The average Bonchev–Trinajstić information content (AvgIpc) is 3.01. The van der Waals surface area contributed by atoms with Gasteiger partial charge in [0.1, 0.15) is 0 Å². The Morgan fingerprint density at radius 2 is 2.07 bits per heavy atom. The van der Waals surface area contributed by atoms with Gasteiger partial charge in [-0.3, -0.25) is 0 Å². The Labute approximate surface area is 86.5 Å². The summed E-state index contributed by atoms with van der Waals surface area (Å²) >= 11 is 0. The van der Waals surface area contributed by atoms with Crippen LogP contribution >= 0.6 is 0 Å². The van der Waals surface area contributed by atoms with E-state index in [2.05, 4.69) is 43.4 Å². The molecule has 0 heterocycles. The summed E-state index contributed by atoms with van der Waals surface area (Å²) in [6.07, 6.45) is 2.77. The molecule has 1 heteroatoms. The topological polar surface area (TPSA) is 12.0 Å². The van der Waals surface area contributed by atoms with Gasteiger partial charge in [0.05, 0.1) is 0 Å². The number of nitrogens with one attached hydrogen (secondary N) is 1. The van der Waals surface area contributed by atoms with E-state index in [9.17, 15) is 0 Å². The Balaban J connectivity index is 2.21. The van der Waals surface area contributed by atoms with Gasteiger partial charge in [0.2, 0.25) is 0 Å². The van der Waals surface area contributed by atoms with Crippen molar-refractivity contribution in [1.29, 1.82) is 0 Å². The Bertz CT molecular complexity index is 302. The summed E-state index contributed by atoms with van der Waals surface area (Å²) in [5.41, 5.74) is 3.07. The SMILES string of the molecule is CCNC(C)c1ccccc1C1CC1.